The van der Waals surface area contributed by atoms with Crippen molar-refractivity contribution in [1.82, 2.24) is 43.6 Å². The molecular weight excluding hydrogens is 1730 g/mol. The number of rotatable bonds is 9. The summed E-state index contributed by atoms with van der Waals surface area (Å²) in [5, 5.41) is 31.7. The maximum atomic E-state index is 6.71. The minimum Gasteiger partial charge on any atom is -0.309 e. The first-order valence-corrected chi connectivity index (χ1v) is 48.3. The van der Waals surface area contributed by atoms with E-state index in [-0.39, 0.29) is 0 Å². The molecule has 24 aromatic carbocycles. The molecule has 30 rings (SSSR count). The Morgan fingerprint density at radius 2 is 0.511 bits per heavy atom. The molecule has 0 unspecified atom stereocenters. The van der Waals surface area contributed by atoms with Gasteiger partial charge in [0.05, 0.1) is 50.2 Å². The van der Waals surface area contributed by atoms with Crippen LogP contribution in [0.5, 0.6) is 0 Å². The Hall–Kier alpha value is -18.4. The van der Waals surface area contributed by atoms with Crippen LogP contribution >= 0.6 is 11.6 Å². The molecule has 0 atom stereocenters. The van der Waals surface area contributed by atoms with Gasteiger partial charge in [0.2, 0.25) is 0 Å². The summed E-state index contributed by atoms with van der Waals surface area (Å²) in [5.41, 5.74) is 21.7. The van der Waals surface area contributed by atoms with E-state index in [1.807, 2.05) is 48.5 Å². The van der Waals surface area contributed by atoms with Crippen LogP contribution < -0.4 is 0 Å². The molecule has 0 saturated carbocycles. The van der Waals surface area contributed by atoms with Crippen molar-refractivity contribution in [1.29, 1.82) is 0 Å². The van der Waals surface area contributed by atoms with E-state index in [0.717, 1.165) is 132 Å². The molecule has 29 aromatic rings. The second-order valence-electron chi connectivity index (χ2n) is 36.7. The highest BCUT2D eigenvalue weighted by Gasteiger charge is 2.27. The minimum atomic E-state index is 0.628. The number of hydrogen-bond donors (Lipinski definition) is 0. The lowest BCUT2D eigenvalue weighted by atomic mass is 9.99. The number of benzene rings is 24. The first-order valence-electron chi connectivity index (χ1n) is 47.9. The highest BCUT2D eigenvalue weighted by atomic mass is 35.5. The van der Waals surface area contributed by atoms with Gasteiger partial charge in [-0.1, -0.05) is 406 Å². The molecule has 5 heterocycles. The Balaban J connectivity index is 0.000000120. The second-order valence-corrected chi connectivity index (χ2v) is 37.1. The molecule has 1 aliphatic carbocycles. The van der Waals surface area contributed by atoms with Crippen LogP contribution in [-0.2, 0) is 6.42 Å². The lowest BCUT2D eigenvalue weighted by Crippen LogP contribution is -2.01. The second kappa shape index (κ2) is 33.0. The van der Waals surface area contributed by atoms with Crippen molar-refractivity contribution in [2.75, 3.05) is 0 Å². The molecule has 0 spiro atoms. The molecular formula is C131H80ClN9. The van der Waals surface area contributed by atoms with Crippen molar-refractivity contribution in [2.24, 2.45) is 0 Å². The monoisotopic (exact) mass is 1810 g/mol. The van der Waals surface area contributed by atoms with Crippen LogP contribution in [0.4, 0.5) is 0 Å². The van der Waals surface area contributed by atoms with E-state index in [2.05, 4.69) is 438 Å². The first kappa shape index (κ1) is 81.0. The van der Waals surface area contributed by atoms with E-state index in [0.29, 0.717) is 34.9 Å². The van der Waals surface area contributed by atoms with Crippen LogP contribution in [0, 0.1) is 0 Å². The summed E-state index contributed by atoms with van der Waals surface area (Å²) in [4.78, 5) is 31.1. The third-order valence-corrected chi connectivity index (χ3v) is 29.2. The van der Waals surface area contributed by atoms with Crippen LogP contribution in [0.25, 0.3) is 270 Å². The number of halogens is 1. The van der Waals surface area contributed by atoms with Crippen LogP contribution in [0.2, 0.25) is 5.02 Å². The molecule has 0 bridgehead atoms. The lowest BCUT2D eigenvalue weighted by Gasteiger charge is -2.15. The fraction of sp³-hybridized carbons (Fsp3) is 0.00763. The van der Waals surface area contributed by atoms with Gasteiger partial charge in [-0.2, -0.15) is 0 Å². The Morgan fingerprint density at radius 1 is 0.170 bits per heavy atom. The van der Waals surface area contributed by atoms with Crippen LogP contribution in [0.15, 0.2) is 473 Å². The van der Waals surface area contributed by atoms with Crippen molar-refractivity contribution in [3.05, 3.63) is 489 Å². The van der Waals surface area contributed by atoms with Crippen molar-refractivity contribution in [3.8, 4) is 96.5 Å². The number of nitrogens with zero attached hydrogens (tertiary/aromatic N) is 9. The molecule has 0 saturated heterocycles. The molecule has 0 amide bonds. The van der Waals surface area contributed by atoms with E-state index in [4.69, 9.17) is 41.5 Å². The smallest absolute Gasteiger partial charge is 0.164 e. The van der Waals surface area contributed by atoms with Gasteiger partial charge in [0.15, 0.2) is 34.9 Å². The Labute approximate surface area is 814 Å². The quantitative estimate of drug-likeness (QED) is 0.134. The summed E-state index contributed by atoms with van der Waals surface area (Å²) in [7, 11) is 0. The highest BCUT2D eigenvalue weighted by molar-refractivity contribution is 6.36. The van der Waals surface area contributed by atoms with E-state index in [1.54, 1.807) is 0 Å². The van der Waals surface area contributed by atoms with Crippen LogP contribution in [0.3, 0.4) is 0 Å². The molecule has 141 heavy (non-hydrogen) atoms. The molecule has 0 N–H and O–H groups in total. The summed E-state index contributed by atoms with van der Waals surface area (Å²) >= 11 is 6.71. The average Bonchev–Trinajstić information content (AvgIpc) is 1.55. The van der Waals surface area contributed by atoms with Gasteiger partial charge in [-0.3, -0.25) is 0 Å². The van der Waals surface area contributed by atoms with Crippen LogP contribution in [-0.4, -0.2) is 43.6 Å². The molecule has 5 aromatic heterocycles. The molecule has 0 fully saturated rings. The van der Waals surface area contributed by atoms with Crippen molar-refractivity contribution in [2.45, 2.75) is 6.42 Å². The fourth-order valence-corrected chi connectivity index (χ4v) is 22.6. The van der Waals surface area contributed by atoms with Gasteiger partial charge in [0.1, 0.15) is 0 Å². The normalized spacial score (nSPS) is 12.0. The zero-order valence-corrected chi connectivity index (χ0v) is 76.9. The Bertz CT molecular complexity index is 10300. The molecule has 10 heteroatoms. The SMILES string of the molecule is Clc1cccc2cc3c(cc12)c1ccccc1n3-c1cccc2c(-c3nc(-c4ccccc4)nc(-c4ccc5c(ccc6ccccc65)c4)n3)cccc12.c1ccc(-c2nc(-c3ccc4c(ccc5ccccc54)c3)nc(-c3cccc4c(-n5c6ccccc6c6cc7c(-n8c9ccccc9c9ccc%10ccccc%10c98)cccc7cc65)cccc34)n2)cc1.c1ccc2c(c1)Cc1c-2ccc2ccccc12. The summed E-state index contributed by atoms with van der Waals surface area (Å²) in [5.74, 6) is 3.79. The van der Waals surface area contributed by atoms with Gasteiger partial charge >= 0.3 is 0 Å². The Morgan fingerprint density at radius 3 is 1.06 bits per heavy atom. The van der Waals surface area contributed by atoms with E-state index < -0.39 is 0 Å². The van der Waals surface area contributed by atoms with Gasteiger partial charge in [0.25, 0.3) is 0 Å². The maximum Gasteiger partial charge on any atom is 0.164 e. The van der Waals surface area contributed by atoms with Gasteiger partial charge < -0.3 is 13.7 Å². The van der Waals surface area contributed by atoms with E-state index >= 15 is 0 Å². The number of aromatic nitrogens is 9. The van der Waals surface area contributed by atoms with Gasteiger partial charge in [0, 0.05) is 97.7 Å². The minimum absolute atomic E-state index is 0.628. The third kappa shape index (κ3) is 13.4. The third-order valence-electron chi connectivity index (χ3n) is 28.9. The molecule has 656 valence electrons. The largest absolute Gasteiger partial charge is 0.309 e. The summed E-state index contributed by atoms with van der Waals surface area (Å²) in [6.45, 7) is 0. The van der Waals surface area contributed by atoms with Crippen molar-refractivity contribution in [3.63, 3.8) is 0 Å². The predicted octanol–water partition coefficient (Wildman–Crippen LogP) is 34.5. The number of hydrogen-bond acceptors (Lipinski definition) is 6. The van der Waals surface area contributed by atoms with E-state index in [9.17, 15) is 0 Å². The standard InChI is InChI=1S/C65H39N5.C49H29ClN4.C17H12/c1-2-17-42(18-3-1)63-66-64(45-34-35-47-44(37-45)32-31-40-15-4-6-20-46(40)47)68-65(67-63)54-26-13-25-50-49(54)24-14-30-58(50)69-57-27-10-9-23-52(57)56-39-55-43(38-61(56)69)19-12-29-60(55)70-59-28-11-8-22-51(59)53-36-33-41-16-5-7-21-48(41)62(53)70;50-43-20-8-14-32-28-46-42(29-41(32)43)39-16-6-7-21-44(39)54(46)45-22-10-17-37-38(45)18-9-19-40(37)49-52-47(31-12-2-1-3-13-31)51-48(53-49)34-25-26-36-33(27-34)24-23-30-11-4-5-15-35(30)36;1-3-7-14-12(5-1)9-10-16-15-8-4-2-6-13(15)11-17(14)16/h1-39H;1-29H;1-10H,11H2. The van der Waals surface area contributed by atoms with E-state index in [1.165, 1.54) is 125 Å². The number of fused-ring (bicyclic) bond motifs is 26. The molecule has 0 aliphatic heterocycles. The molecule has 0 radical (unpaired) electrons. The summed E-state index contributed by atoms with van der Waals surface area (Å²) in [6.07, 6.45) is 1.08. The summed E-state index contributed by atoms with van der Waals surface area (Å²) in [6, 6.07) is 169. The van der Waals surface area contributed by atoms with Gasteiger partial charge in [-0.25, -0.2) is 29.9 Å². The van der Waals surface area contributed by atoms with Gasteiger partial charge in [-0.15, -0.1) is 0 Å². The fourth-order valence-electron chi connectivity index (χ4n) is 22.4. The lowest BCUT2D eigenvalue weighted by molar-refractivity contribution is 1.08. The van der Waals surface area contributed by atoms with Gasteiger partial charge in [-0.05, 0) is 188 Å². The zero-order valence-electron chi connectivity index (χ0n) is 76.1. The predicted molar refractivity (Wildman–Crippen MR) is 590 cm³/mol. The van der Waals surface area contributed by atoms with Crippen molar-refractivity contribution < 1.29 is 0 Å². The van der Waals surface area contributed by atoms with Crippen LogP contribution in [0.1, 0.15) is 11.1 Å². The Kier molecular flexibility index (Phi) is 18.9. The first-order chi connectivity index (χ1) is 69.8. The highest BCUT2D eigenvalue weighted by Crippen LogP contribution is 2.48. The summed E-state index contributed by atoms with van der Waals surface area (Å²) < 4.78 is 7.32. The van der Waals surface area contributed by atoms with Crippen molar-refractivity contribution >= 4 is 185 Å². The number of para-hydroxylation sites is 3. The maximum absolute atomic E-state index is 6.71. The average molecular weight is 1820 g/mol. The molecule has 1 aliphatic rings. The topological polar surface area (TPSA) is 92.1 Å². The molecule has 9 nitrogen and oxygen atoms in total. The zero-order chi connectivity index (χ0) is 92.9.